The van der Waals surface area contributed by atoms with Gasteiger partial charge < -0.3 is 19.8 Å². The molecule has 194 valence electrons. The third kappa shape index (κ3) is 3.39. The summed E-state index contributed by atoms with van der Waals surface area (Å²) in [7, 11) is 1.84. The fourth-order valence-corrected chi connectivity index (χ4v) is 8.14. The van der Waals surface area contributed by atoms with E-state index in [-0.39, 0.29) is 23.7 Å². The van der Waals surface area contributed by atoms with Gasteiger partial charge in [-0.05, 0) is 86.4 Å². The number of rotatable bonds is 5. The lowest BCUT2D eigenvalue weighted by Gasteiger charge is -2.64. The van der Waals surface area contributed by atoms with Crippen molar-refractivity contribution in [2.45, 2.75) is 67.7 Å². The topological polar surface area (TPSA) is 73.2 Å². The normalized spacial score (nSPS) is 33.8. The Labute approximate surface area is 226 Å². The maximum absolute atomic E-state index is 13.4. The van der Waals surface area contributed by atoms with Gasteiger partial charge in [0, 0.05) is 35.7 Å². The Bertz CT molecular complexity index is 1290. The van der Waals surface area contributed by atoms with Crippen LogP contribution in [0.2, 0.25) is 0 Å². The van der Waals surface area contributed by atoms with E-state index < -0.39 is 17.1 Å². The lowest BCUT2D eigenvalue weighted by atomic mass is 9.48. The minimum absolute atomic E-state index is 0.0372. The van der Waals surface area contributed by atoms with Gasteiger partial charge in [0.05, 0.1) is 17.1 Å². The van der Waals surface area contributed by atoms with Crippen LogP contribution in [0.5, 0.6) is 11.5 Å². The number of likely N-dealkylation sites (tertiary alicyclic amines) is 1. The molecule has 2 bridgehead atoms. The molecule has 37 heavy (non-hydrogen) atoms. The Kier molecular flexibility index (Phi) is 5.34. The van der Waals surface area contributed by atoms with E-state index in [9.17, 15) is 15.0 Å². The highest BCUT2D eigenvalue weighted by atomic mass is 79.9. The maximum Gasteiger partial charge on any atom is 0.246 e. The first kappa shape index (κ1) is 23.7. The first-order valence-corrected chi connectivity index (χ1v) is 14.3. The number of hydrogen-bond donors (Lipinski definition) is 2. The Balaban J connectivity index is 1.24. The van der Waals surface area contributed by atoms with Crippen molar-refractivity contribution < 1.29 is 19.7 Å². The molecule has 5 atom stereocenters. The molecule has 1 spiro atoms. The number of carbonyl (C=O) groups is 1. The van der Waals surface area contributed by atoms with Gasteiger partial charge >= 0.3 is 0 Å². The van der Waals surface area contributed by atoms with Crippen molar-refractivity contribution in [1.29, 1.82) is 0 Å². The molecule has 2 heterocycles. The summed E-state index contributed by atoms with van der Waals surface area (Å²) in [4.78, 5) is 17.7. The third-order valence-corrected chi connectivity index (χ3v) is 10.4. The van der Waals surface area contributed by atoms with Crippen molar-refractivity contribution in [2.75, 3.05) is 20.1 Å². The smallest absolute Gasteiger partial charge is 0.246 e. The Morgan fingerprint density at radius 2 is 1.97 bits per heavy atom. The Hall–Kier alpha value is -2.35. The molecule has 0 aromatic heterocycles. The number of aromatic hydroxyl groups is 1. The molecular weight excluding hydrogens is 532 g/mol. The van der Waals surface area contributed by atoms with E-state index in [2.05, 4.69) is 20.8 Å². The standard InChI is InChI=1S/C30H33BrN2O4/c1-32(25(35)11-6-18-4-8-21(31)9-5-18)22-12-13-30(36)24-16-20-7-10-23(34)27-26(20)29(30,28(22)37-27)14-15-33(24)17-19-2-3-19/h4-11,19,22,24,28,34,36H,2-3,12-17H2,1H3/b11-6+/t22-,24-,28+,29+,30-/m1/s1. The van der Waals surface area contributed by atoms with Crippen molar-refractivity contribution in [3.63, 3.8) is 0 Å². The van der Waals surface area contributed by atoms with Gasteiger partial charge in [-0.15, -0.1) is 0 Å². The quantitative estimate of drug-likeness (QED) is 0.531. The molecule has 7 heteroatoms. The van der Waals surface area contributed by atoms with E-state index >= 15 is 0 Å². The van der Waals surface area contributed by atoms with Crippen LogP contribution in [0, 0.1) is 5.92 Å². The number of amides is 1. The van der Waals surface area contributed by atoms with Gasteiger partial charge in [-0.25, -0.2) is 0 Å². The lowest BCUT2D eigenvalue weighted by molar-refractivity contribution is -0.200. The lowest BCUT2D eigenvalue weighted by Crippen LogP contribution is -2.78. The molecule has 2 saturated carbocycles. The van der Waals surface area contributed by atoms with Crippen LogP contribution in [0.25, 0.3) is 6.08 Å². The van der Waals surface area contributed by atoms with Gasteiger partial charge in [0.1, 0.15) is 6.10 Å². The first-order valence-electron chi connectivity index (χ1n) is 13.5. The van der Waals surface area contributed by atoms with Crippen molar-refractivity contribution in [1.82, 2.24) is 9.80 Å². The van der Waals surface area contributed by atoms with E-state index in [0.29, 0.717) is 18.6 Å². The number of carbonyl (C=O) groups excluding carboxylic acids is 1. The van der Waals surface area contributed by atoms with Crippen LogP contribution in [0.4, 0.5) is 0 Å². The molecule has 2 aliphatic heterocycles. The monoisotopic (exact) mass is 564 g/mol. The number of halogens is 1. The van der Waals surface area contributed by atoms with Crippen LogP contribution < -0.4 is 4.74 Å². The summed E-state index contributed by atoms with van der Waals surface area (Å²) in [6, 6.07) is 11.4. The molecular formula is C30H33BrN2O4. The van der Waals surface area contributed by atoms with E-state index in [1.54, 1.807) is 17.0 Å². The van der Waals surface area contributed by atoms with Crippen LogP contribution in [0.3, 0.4) is 0 Å². The number of nitrogens with zero attached hydrogens (tertiary/aromatic N) is 2. The predicted molar refractivity (Wildman–Crippen MR) is 145 cm³/mol. The summed E-state index contributed by atoms with van der Waals surface area (Å²) in [5.74, 6) is 1.32. The average Bonchev–Trinajstić information content (AvgIpc) is 3.63. The van der Waals surface area contributed by atoms with Crippen LogP contribution in [-0.2, 0) is 16.6 Å². The summed E-state index contributed by atoms with van der Waals surface area (Å²) < 4.78 is 7.61. The molecule has 2 aromatic carbocycles. The summed E-state index contributed by atoms with van der Waals surface area (Å²) in [6.45, 7) is 1.96. The molecule has 1 amide bonds. The molecule has 3 aliphatic carbocycles. The zero-order valence-corrected chi connectivity index (χ0v) is 22.7. The molecule has 0 radical (unpaired) electrons. The highest BCUT2D eigenvalue weighted by Crippen LogP contribution is 2.66. The van der Waals surface area contributed by atoms with Crippen molar-refractivity contribution in [3.8, 4) is 11.5 Å². The van der Waals surface area contributed by atoms with Crippen LogP contribution in [0.15, 0.2) is 46.9 Å². The second kappa shape index (κ2) is 8.32. The molecule has 1 saturated heterocycles. The summed E-state index contributed by atoms with van der Waals surface area (Å²) >= 11 is 3.45. The van der Waals surface area contributed by atoms with Crippen molar-refractivity contribution in [3.05, 3.63) is 63.6 Å². The minimum atomic E-state index is -0.940. The fraction of sp³-hybridized carbons (Fsp3) is 0.500. The molecule has 3 fully saturated rings. The molecule has 2 N–H and O–H groups in total. The second-order valence-electron chi connectivity index (χ2n) is 11.7. The largest absolute Gasteiger partial charge is 0.504 e. The summed E-state index contributed by atoms with van der Waals surface area (Å²) in [5, 5.41) is 23.4. The van der Waals surface area contributed by atoms with Gasteiger partial charge in [0.25, 0.3) is 0 Å². The molecule has 0 unspecified atom stereocenters. The zero-order chi connectivity index (χ0) is 25.5. The third-order valence-electron chi connectivity index (χ3n) is 9.86. The summed E-state index contributed by atoms with van der Waals surface area (Å²) in [5.41, 5.74) is 1.57. The number of hydrogen-bond acceptors (Lipinski definition) is 5. The molecule has 5 aliphatic rings. The molecule has 2 aromatic rings. The Morgan fingerprint density at radius 1 is 1.19 bits per heavy atom. The number of phenolic OH excluding ortho intramolecular Hbond substituents is 1. The minimum Gasteiger partial charge on any atom is -0.504 e. The van der Waals surface area contributed by atoms with Crippen molar-refractivity contribution >= 4 is 27.9 Å². The number of phenols is 1. The summed E-state index contributed by atoms with van der Waals surface area (Å²) in [6.07, 6.45) is 8.47. The van der Waals surface area contributed by atoms with Crippen molar-refractivity contribution in [2.24, 2.45) is 5.92 Å². The van der Waals surface area contributed by atoms with Crippen LogP contribution in [-0.4, -0.2) is 69.8 Å². The number of aliphatic hydroxyl groups is 1. The van der Waals surface area contributed by atoms with Crippen LogP contribution >= 0.6 is 15.9 Å². The highest BCUT2D eigenvalue weighted by molar-refractivity contribution is 9.10. The fourth-order valence-electron chi connectivity index (χ4n) is 7.87. The number of ether oxygens (including phenoxy) is 1. The van der Waals surface area contributed by atoms with Gasteiger partial charge in [-0.3, -0.25) is 9.69 Å². The zero-order valence-electron chi connectivity index (χ0n) is 21.1. The maximum atomic E-state index is 13.4. The van der Waals surface area contributed by atoms with E-state index in [1.807, 2.05) is 43.5 Å². The average molecular weight is 566 g/mol. The van der Waals surface area contributed by atoms with Gasteiger partial charge in [0.15, 0.2) is 11.5 Å². The van der Waals surface area contributed by atoms with E-state index in [4.69, 9.17) is 4.74 Å². The number of likely N-dealkylation sites (N-methyl/N-ethyl adjacent to an activating group) is 1. The SMILES string of the molecule is CN(C(=O)/C=C/c1ccc(Br)cc1)[C@@H]1CC[C@@]2(O)[C@H]3Cc4ccc(O)c5c4[C@@]2(CCN3CC2CC2)[C@H]1O5. The number of benzene rings is 2. The van der Waals surface area contributed by atoms with Gasteiger partial charge in [-0.1, -0.05) is 34.1 Å². The number of piperidine rings is 1. The second-order valence-corrected chi connectivity index (χ2v) is 12.6. The van der Waals surface area contributed by atoms with E-state index in [0.717, 1.165) is 47.4 Å². The highest BCUT2D eigenvalue weighted by Gasteiger charge is 2.73. The molecule has 6 nitrogen and oxygen atoms in total. The van der Waals surface area contributed by atoms with Gasteiger partial charge in [0.2, 0.25) is 5.91 Å². The Morgan fingerprint density at radius 3 is 2.73 bits per heavy atom. The molecule has 7 rings (SSSR count). The van der Waals surface area contributed by atoms with E-state index in [1.165, 1.54) is 18.4 Å². The predicted octanol–water partition coefficient (Wildman–Crippen LogP) is 4.26. The first-order chi connectivity index (χ1) is 17.8. The van der Waals surface area contributed by atoms with Gasteiger partial charge in [-0.2, -0.15) is 0 Å². The van der Waals surface area contributed by atoms with Crippen LogP contribution in [0.1, 0.15) is 48.8 Å².